The first-order valence-corrected chi connectivity index (χ1v) is 9.74. The van der Waals surface area contributed by atoms with E-state index in [-0.39, 0.29) is 41.8 Å². The molecule has 3 rings (SSSR count). The molecule has 2 atom stereocenters. The molecule has 10 heteroatoms. The fraction of sp³-hybridized carbons (Fsp3) is 0.562. The third-order valence-electron chi connectivity index (χ3n) is 4.70. The molecule has 1 saturated heterocycles. The average Bonchev–Trinajstić information content (AvgIpc) is 2.66. The second-order valence-electron chi connectivity index (χ2n) is 6.22. The molecule has 0 aliphatic carbocycles. The molecule has 9 nitrogen and oxygen atoms in total. The Balaban J connectivity index is 2.00. The summed E-state index contributed by atoms with van der Waals surface area (Å²) in [6, 6.07) is 2.48. The first-order chi connectivity index (χ1) is 12.4. The topological polar surface area (TPSA) is 120 Å². The van der Waals surface area contributed by atoms with Crippen molar-refractivity contribution in [2.24, 2.45) is 5.73 Å². The lowest BCUT2D eigenvalue weighted by molar-refractivity contribution is -0.118. The van der Waals surface area contributed by atoms with Gasteiger partial charge in [-0.1, -0.05) is 0 Å². The molecule has 1 fully saturated rings. The Morgan fingerprint density at radius 3 is 2.81 bits per heavy atom. The lowest BCUT2D eigenvalue weighted by Crippen LogP contribution is -2.51. The molecule has 26 heavy (non-hydrogen) atoms. The van der Waals surface area contributed by atoms with E-state index in [1.54, 1.807) is 7.11 Å². The van der Waals surface area contributed by atoms with Gasteiger partial charge in [-0.25, -0.2) is 8.42 Å². The number of carbonyl (C=O) groups is 1. The van der Waals surface area contributed by atoms with Crippen molar-refractivity contribution in [3.05, 3.63) is 12.1 Å². The minimum atomic E-state index is -3.86. The van der Waals surface area contributed by atoms with Crippen molar-refractivity contribution < 1.29 is 27.4 Å². The Morgan fingerprint density at radius 1 is 1.38 bits per heavy atom. The van der Waals surface area contributed by atoms with Crippen LogP contribution in [0.3, 0.4) is 0 Å². The predicted octanol–water partition coefficient (Wildman–Crippen LogP) is 0.153. The summed E-state index contributed by atoms with van der Waals surface area (Å²) in [7, 11) is -0.874. The highest BCUT2D eigenvalue weighted by Gasteiger charge is 2.38. The van der Waals surface area contributed by atoms with Crippen LogP contribution in [-0.4, -0.2) is 64.7 Å². The number of fused-ring (bicyclic) bond motifs is 1. The van der Waals surface area contributed by atoms with Gasteiger partial charge in [0.1, 0.15) is 16.4 Å². The number of sulfonamides is 1. The smallest absolute Gasteiger partial charge is 0.262 e. The zero-order valence-corrected chi connectivity index (χ0v) is 15.5. The molecule has 0 saturated carbocycles. The van der Waals surface area contributed by atoms with Crippen molar-refractivity contribution in [3.8, 4) is 11.5 Å². The van der Waals surface area contributed by atoms with E-state index in [1.807, 2.05) is 0 Å². The highest BCUT2D eigenvalue weighted by Crippen LogP contribution is 2.39. The quantitative estimate of drug-likeness (QED) is 0.740. The van der Waals surface area contributed by atoms with Crippen LogP contribution in [-0.2, 0) is 19.6 Å². The van der Waals surface area contributed by atoms with Crippen LogP contribution in [0.2, 0.25) is 0 Å². The summed E-state index contributed by atoms with van der Waals surface area (Å²) in [6.07, 6.45) is 1.11. The van der Waals surface area contributed by atoms with Crippen molar-refractivity contribution in [2.45, 2.75) is 29.9 Å². The van der Waals surface area contributed by atoms with E-state index in [0.717, 1.165) is 0 Å². The SMILES string of the molecule is COc1cc2c(cc1S(=O)(=O)N1CCC(OC)CC1CN)OCC(=O)N2. The molecule has 1 aromatic rings. The number of carbonyl (C=O) groups excluding carboxylic acids is 1. The van der Waals surface area contributed by atoms with Gasteiger partial charge in [-0.05, 0) is 12.8 Å². The standard InChI is InChI=1S/C16H23N3O6S/c1-23-11-3-4-19(10(5-11)8-17)26(21,22)15-7-13-12(6-14(15)24-2)18-16(20)9-25-13/h6-7,10-11H,3-5,8-9,17H2,1-2H3,(H,18,20). The summed E-state index contributed by atoms with van der Waals surface area (Å²) in [5.41, 5.74) is 6.20. The van der Waals surface area contributed by atoms with Crippen molar-refractivity contribution in [1.82, 2.24) is 4.31 Å². The van der Waals surface area contributed by atoms with Crippen LogP contribution in [0.15, 0.2) is 17.0 Å². The Kier molecular flexibility index (Phi) is 5.37. The van der Waals surface area contributed by atoms with Crippen LogP contribution in [0, 0.1) is 0 Å². The van der Waals surface area contributed by atoms with Gasteiger partial charge in [0.25, 0.3) is 5.91 Å². The number of nitrogens with one attached hydrogen (secondary N) is 1. The summed E-state index contributed by atoms with van der Waals surface area (Å²) in [6.45, 7) is 0.336. The maximum absolute atomic E-state index is 13.3. The Bertz CT molecular complexity index is 797. The van der Waals surface area contributed by atoms with Crippen LogP contribution in [0.1, 0.15) is 12.8 Å². The fourth-order valence-electron chi connectivity index (χ4n) is 3.31. The van der Waals surface area contributed by atoms with E-state index in [9.17, 15) is 13.2 Å². The minimum absolute atomic E-state index is 0.00999. The van der Waals surface area contributed by atoms with Crippen LogP contribution in [0.25, 0.3) is 0 Å². The van der Waals surface area contributed by atoms with Crippen molar-refractivity contribution in [3.63, 3.8) is 0 Å². The van der Waals surface area contributed by atoms with Gasteiger partial charge >= 0.3 is 0 Å². The highest BCUT2D eigenvalue weighted by molar-refractivity contribution is 7.89. The molecule has 2 unspecified atom stereocenters. The first-order valence-electron chi connectivity index (χ1n) is 8.30. The lowest BCUT2D eigenvalue weighted by Gasteiger charge is -2.37. The Hall–Kier alpha value is -1.88. The molecule has 1 aromatic carbocycles. The van der Waals surface area contributed by atoms with E-state index in [0.29, 0.717) is 30.8 Å². The Morgan fingerprint density at radius 2 is 2.15 bits per heavy atom. The molecule has 1 amide bonds. The molecule has 144 valence electrons. The van der Waals surface area contributed by atoms with Crippen LogP contribution < -0.4 is 20.5 Å². The number of nitrogens with two attached hydrogens (primary N) is 1. The number of hydrogen-bond donors (Lipinski definition) is 2. The fourth-order valence-corrected chi connectivity index (χ4v) is 5.13. The van der Waals surface area contributed by atoms with Gasteiger partial charge in [-0.15, -0.1) is 0 Å². The third-order valence-corrected chi connectivity index (χ3v) is 6.68. The summed E-state index contributed by atoms with van der Waals surface area (Å²) in [4.78, 5) is 11.5. The molecule has 2 heterocycles. The number of ether oxygens (including phenoxy) is 3. The Labute approximate surface area is 152 Å². The van der Waals surface area contributed by atoms with Gasteiger partial charge in [0, 0.05) is 38.4 Å². The summed E-state index contributed by atoms with van der Waals surface area (Å²) in [5, 5.41) is 2.64. The van der Waals surface area contributed by atoms with Crippen LogP contribution >= 0.6 is 0 Å². The molecular weight excluding hydrogens is 362 g/mol. The number of hydrogen-bond acceptors (Lipinski definition) is 7. The van der Waals surface area contributed by atoms with Crippen molar-refractivity contribution >= 4 is 21.6 Å². The van der Waals surface area contributed by atoms with E-state index >= 15 is 0 Å². The van der Waals surface area contributed by atoms with E-state index in [1.165, 1.54) is 23.5 Å². The van der Waals surface area contributed by atoms with Gasteiger partial charge in [0.05, 0.1) is 18.9 Å². The highest BCUT2D eigenvalue weighted by atomic mass is 32.2. The van der Waals surface area contributed by atoms with Crippen LogP contribution in [0.4, 0.5) is 5.69 Å². The normalized spacial score (nSPS) is 23.7. The largest absolute Gasteiger partial charge is 0.495 e. The molecule has 2 aliphatic rings. The maximum Gasteiger partial charge on any atom is 0.262 e. The zero-order valence-electron chi connectivity index (χ0n) is 14.7. The van der Waals surface area contributed by atoms with Gasteiger partial charge in [-0.3, -0.25) is 4.79 Å². The third kappa shape index (κ3) is 3.37. The molecular formula is C16H23N3O6S. The van der Waals surface area contributed by atoms with Gasteiger partial charge in [0.15, 0.2) is 6.61 Å². The minimum Gasteiger partial charge on any atom is -0.495 e. The monoisotopic (exact) mass is 385 g/mol. The molecule has 0 aromatic heterocycles. The number of rotatable bonds is 5. The number of piperidine rings is 1. The van der Waals surface area contributed by atoms with E-state index in [4.69, 9.17) is 19.9 Å². The molecule has 0 spiro atoms. The van der Waals surface area contributed by atoms with Gasteiger partial charge in [-0.2, -0.15) is 4.31 Å². The van der Waals surface area contributed by atoms with Crippen molar-refractivity contribution in [2.75, 3.05) is 39.2 Å². The summed E-state index contributed by atoms with van der Waals surface area (Å²) in [5.74, 6) is 0.124. The number of methoxy groups -OCH3 is 2. The first kappa shape index (κ1) is 18.9. The van der Waals surface area contributed by atoms with Gasteiger partial charge in [0.2, 0.25) is 10.0 Å². The van der Waals surface area contributed by atoms with Gasteiger partial charge < -0.3 is 25.3 Å². The van der Waals surface area contributed by atoms with E-state index in [2.05, 4.69) is 5.32 Å². The van der Waals surface area contributed by atoms with Crippen LogP contribution in [0.5, 0.6) is 11.5 Å². The lowest BCUT2D eigenvalue weighted by atomic mass is 10.0. The van der Waals surface area contributed by atoms with Crippen molar-refractivity contribution in [1.29, 1.82) is 0 Å². The second kappa shape index (κ2) is 7.39. The maximum atomic E-state index is 13.3. The average molecular weight is 385 g/mol. The molecule has 0 radical (unpaired) electrons. The summed E-state index contributed by atoms with van der Waals surface area (Å²) >= 11 is 0. The number of amides is 1. The zero-order chi connectivity index (χ0) is 18.9. The summed E-state index contributed by atoms with van der Waals surface area (Å²) < 4.78 is 43.9. The number of anilines is 1. The number of nitrogens with zero attached hydrogens (tertiary/aromatic N) is 1. The molecule has 2 aliphatic heterocycles. The number of benzene rings is 1. The second-order valence-corrected chi connectivity index (χ2v) is 8.08. The molecule has 3 N–H and O–H groups in total. The predicted molar refractivity (Wildman–Crippen MR) is 93.9 cm³/mol. The molecule has 0 bridgehead atoms. The van der Waals surface area contributed by atoms with E-state index < -0.39 is 10.0 Å².